The van der Waals surface area contributed by atoms with E-state index in [1.165, 1.54) is 58.0 Å². The number of nitrogens with two attached hydrogens (primary N) is 1. The molecule has 0 radical (unpaired) electrons. The van der Waals surface area contributed by atoms with Crippen molar-refractivity contribution >= 4 is 0 Å². The number of hydrogen-bond donors (Lipinski definition) is 2. The molecular formula is C15H28N2. The van der Waals surface area contributed by atoms with Gasteiger partial charge in [0.15, 0.2) is 0 Å². The number of hydrogen-bond acceptors (Lipinski definition) is 2. The van der Waals surface area contributed by atoms with E-state index in [0.29, 0.717) is 11.5 Å². The lowest BCUT2D eigenvalue weighted by Crippen LogP contribution is -2.42. The molecule has 2 nitrogen and oxygen atoms in total. The second kappa shape index (κ2) is 4.55. The minimum Gasteiger partial charge on any atom is -0.327 e. The van der Waals surface area contributed by atoms with Crippen molar-refractivity contribution in [1.82, 2.24) is 5.32 Å². The van der Waals surface area contributed by atoms with Crippen LogP contribution in [0.2, 0.25) is 0 Å². The summed E-state index contributed by atoms with van der Waals surface area (Å²) >= 11 is 0. The van der Waals surface area contributed by atoms with Crippen LogP contribution in [0.5, 0.6) is 0 Å². The summed E-state index contributed by atoms with van der Waals surface area (Å²) in [4.78, 5) is 0. The van der Waals surface area contributed by atoms with E-state index < -0.39 is 0 Å². The summed E-state index contributed by atoms with van der Waals surface area (Å²) in [6.45, 7) is 4.75. The van der Waals surface area contributed by atoms with Crippen molar-refractivity contribution in [1.29, 1.82) is 0 Å². The first kappa shape index (κ1) is 12.0. The summed E-state index contributed by atoms with van der Waals surface area (Å²) in [5, 5.41) is 3.75. The van der Waals surface area contributed by atoms with Crippen molar-refractivity contribution in [3.63, 3.8) is 0 Å². The molecule has 0 aliphatic heterocycles. The summed E-state index contributed by atoms with van der Waals surface area (Å²) in [5.74, 6) is 2.59. The number of rotatable bonds is 6. The lowest BCUT2D eigenvalue weighted by Gasteiger charge is -2.29. The van der Waals surface area contributed by atoms with Gasteiger partial charge in [0.1, 0.15) is 0 Å². The molecule has 0 saturated heterocycles. The van der Waals surface area contributed by atoms with E-state index in [4.69, 9.17) is 5.73 Å². The highest BCUT2D eigenvalue weighted by Crippen LogP contribution is 2.50. The Morgan fingerprint density at radius 2 is 2.00 bits per heavy atom. The first-order chi connectivity index (χ1) is 8.24. The Balaban J connectivity index is 1.43. The molecule has 3 aliphatic rings. The summed E-state index contributed by atoms with van der Waals surface area (Å²) in [7, 11) is 0. The normalized spacial score (nSPS) is 42.0. The monoisotopic (exact) mass is 236 g/mol. The molecule has 17 heavy (non-hydrogen) atoms. The molecule has 0 heterocycles. The fourth-order valence-electron chi connectivity index (χ4n) is 4.48. The van der Waals surface area contributed by atoms with Crippen LogP contribution in [0.4, 0.5) is 0 Å². The molecule has 3 rings (SSSR count). The van der Waals surface area contributed by atoms with Gasteiger partial charge < -0.3 is 11.1 Å². The van der Waals surface area contributed by atoms with E-state index in [1.807, 2.05) is 0 Å². The van der Waals surface area contributed by atoms with Gasteiger partial charge in [-0.3, -0.25) is 0 Å². The average Bonchev–Trinajstić information content (AvgIpc) is 2.82. The molecule has 2 heteroatoms. The Bertz CT molecular complexity index is 270. The van der Waals surface area contributed by atoms with E-state index in [9.17, 15) is 0 Å². The average molecular weight is 236 g/mol. The molecule has 4 atom stereocenters. The van der Waals surface area contributed by atoms with Gasteiger partial charge in [0.25, 0.3) is 0 Å². The molecule has 0 amide bonds. The van der Waals surface area contributed by atoms with Crippen LogP contribution in [0, 0.1) is 23.2 Å². The predicted octanol–water partition coefficient (Wildman–Crippen LogP) is 2.53. The van der Waals surface area contributed by atoms with Gasteiger partial charge >= 0.3 is 0 Å². The highest BCUT2D eigenvalue weighted by Gasteiger charge is 2.46. The molecule has 98 valence electrons. The quantitative estimate of drug-likeness (QED) is 0.744. The Morgan fingerprint density at radius 1 is 1.24 bits per heavy atom. The van der Waals surface area contributed by atoms with Crippen LogP contribution in [-0.2, 0) is 0 Å². The summed E-state index contributed by atoms with van der Waals surface area (Å²) in [5.41, 5.74) is 7.04. The van der Waals surface area contributed by atoms with E-state index in [0.717, 1.165) is 17.8 Å². The Hall–Kier alpha value is -0.0800. The van der Waals surface area contributed by atoms with Gasteiger partial charge in [-0.2, -0.15) is 0 Å². The van der Waals surface area contributed by atoms with Gasteiger partial charge in [-0.05, 0) is 68.2 Å². The van der Waals surface area contributed by atoms with Crippen LogP contribution in [-0.4, -0.2) is 19.1 Å². The van der Waals surface area contributed by atoms with Crippen LogP contribution in [0.25, 0.3) is 0 Å². The van der Waals surface area contributed by atoms with E-state index >= 15 is 0 Å². The Kier molecular flexibility index (Phi) is 3.20. The van der Waals surface area contributed by atoms with Gasteiger partial charge in [0, 0.05) is 12.6 Å². The van der Waals surface area contributed by atoms with Crippen LogP contribution < -0.4 is 11.1 Å². The third kappa shape index (κ3) is 2.26. The van der Waals surface area contributed by atoms with E-state index in [-0.39, 0.29) is 0 Å². The summed E-state index contributed by atoms with van der Waals surface area (Å²) in [6.07, 6.45) is 9.95. The van der Waals surface area contributed by atoms with Crippen LogP contribution >= 0.6 is 0 Å². The van der Waals surface area contributed by atoms with E-state index in [1.54, 1.807) is 0 Å². The highest BCUT2D eigenvalue weighted by atomic mass is 14.9. The van der Waals surface area contributed by atoms with Crippen molar-refractivity contribution < 1.29 is 0 Å². The maximum Gasteiger partial charge on any atom is 0.0110 e. The number of nitrogens with one attached hydrogen (secondary N) is 1. The first-order valence-electron chi connectivity index (χ1n) is 7.70. The second-order valence-corrected chi connectivity index (χ2v) is 6.96. The molecule has 3 N–H and O–H groups in total. The summed E-state index contributed by atoms with van der Waals surface area (Å²) in [6, 6.07) is 0.502. The van der Waals surface area contributed by atoms with Gasteiger partial charge in [-0.15, -0.1) is 0 Å². The molecule has 3 aliphatic carbocycles. The lowest BCUT2D eigenvalue weighted by atomic mass is 9.85. The third-order valence-electron chi connectivity index (χ3n) is 5.78. The highest BCUT2D eigenvalue weighted by molar-refractivity contribution is 5.00. The van der Waals surface area contributed by atoms with Crippen molar-refractivity contribution in [3.8, 4) is 0 Å². The van der Waals surface area contributed by atoms with Crippen LogP contribution in [0.15, 0.2) is 0 Å². The molecule has 2 bridgehead atoms. The largest absolute Gasteiger partial charge is 0.327 e. The van der Waals surface area contributed by atoms with Gasteiger partial charge in [0.2, 0.25) is 0 Å². The minimum atomic E-state index is 0.502. The Morgan fingerprint density at radius 3 is 2.59 bits per heavy atom. The molecule has 4 unspecified atom stereocenters. The zero-order valence-electron chi connectivity index (χ0n) is 11.3. The maximum absolute atomic E-state index is 6.35. The Labute approximate surface area is 106 Å². The molecule has 3 fully saturated rings. The van der Waals surface area contributed by atoms with Crippen molar-refractivity contribution in [2.75, 3.05) is 13.1 Å². The van der Waals surface area contributed by atoms with Gasteiger partial charge in [-0.1, -0.05) is 13.3 Å². The standard InChI is InChI=1S/C15H28N2/c1-2-5-15(6-7-15)10-17-9-13-11-3-4-12(8-11)14(13)16/h11-14,17H,2-10,16H2,1H3. The van der Waals surface area contributed by atoms with Crippen molar-refractivity contribution in [2.45, 2.75) is 57.9 Å². The number of fused-ring (bicyclic) bond motifs is 2. The minimum absolute atomic E-state index is 0.502. The zero-order chi connectivity index (χ0) is 11.9. The fraction of sp³-hybridized carbons (Fsp3) is 1.00. The fourth-order valence-corrected chi connectivity index (χ4v) is 4.48. The van der Waals surface area contributed by atoms with Crippen molar-refractivity contribution in [3.05, 3.63) is 0 Å². The zero-order valence-corrected chi connectivity index (χ0v) is 11.3. The van der Waals surface area contributed by atoms with E-state index in [2.05, 4.69) is 12.2 Å². The SMILES string of the molecule is CCCC1(CNCC2C3CCC(C3)C2N)CC1. The predicted molar refractivity (Wildman–Crippen MR) is 71.7 cm³/mol. The molecule has 0 spiro atoms. The van der Waals surface area contributed by atoms with Crippen molar-refractivity contribution in [2.24, 2.45) is 28.9 Å². The topological polar surface area (TPSA) is 38.0 Å². The smallest absolute Gasteiger partial charge is 0.0110 e. The molecule has 3 saturated carbocycles. The summed E-state index contributed by atoms with van der Waals surface area (Å²) < 4.78 is 0. The van der Waals surface area contributed by atoms with Gasteiger partial charge in [-0.25, -0.2) is 0 Å². The molecule has 0 aromatic carbocycles. The molecule has 0 aromatic rings. The molecular weight excluding hydrogens is 208 g/mol. The maximum atomic E-state index is 6.35. The van der Waals surface area contributed by atoms with Crippen LogP contribution in [0.1, 0.15) is 51.9 Å². The first-order valence-corrected chi connectivity index (χ1v) is 7.70. The lowest BCUT2D eigenvalue weighted by molar-refractivity contribution is 0.269. The molecule has 0 aromatic heterocycles. The van der Waals surface area contributed by atoms with Gasteiger partial charge in [0.05, 0.1) is 0 Å². The second-order valence-electron chi connectivity index (χ2n) is 6.96. The van der Waals surface area contributed by atoms with Crippen LogP contribution in [0.3, 0.4) is 0 Å². The third-order valence-corrected chi connectivity index (χ3v) is 5.78.